The van der Waals surface area contributed by atoms with E-state index in [-0.39, 0.29) is 5.91 Å². The van der Waals surface area contributed by atoms with E-state index in [0.717, 1.165) is 11.1 Å². The molecule has 162 valence electrons. The number of anilines is 1. The molecule has 0 spiro atoms. The number of carbonyl (C=O) groups is 1. The lowest BCUT2D eigenvalue weighted by molar-refractivity contribution is 0.102. The number of nitrogens with one attached hydrogen (secondary N) is 1. The Morgan fingerprint density at radius 3 is 2.66 bits per heavy atom. The average molecular weight is 470 g/mol. The third kappa shape index (κ3) is 5.66. The predicted octanol–water partition coefficient (Wildman–Crippen LogP) is 6.21. The van der Waals surface area contributed by atoms with Gasteiger partial charge in [-0.05, 0) is 59.7 Å². The van der Waals surface area contributed by atoms with Crippen LogP contribution in [-0.2, 0) is 13.2 Å². The number of carbonyl (C=O) groups excluding carboxylic acids is 1. The molecule has 4 rings (SSSR count). The molecule has 1 aromatic heterocycles. The molecule has 1 amide bonds. The number of nitrogens with zero attached hydrogens (tertiary/aromatic N) is 2. The van der Waals surface area contributed by atoms with Gasteiger partial charge in [0.2, 0.25) is 0 Å². The second-order valence-electron chi connectivity index (χ2n) is 7.06. The first-order valence-corrected chi connectivity index (χ1v) is 10.5. The molecule has 0 saturated carbocycles. The summed E-state index contributed by atoms with van der Waals surface area (Å²) in [5.74, 6) is 0.0311. The van der Waals surface area contributed by atoms with Crippen molar-refractivity contribution in [1.29, 1.82) is 0 Å². The van der Waals surface area contributed by atoms with E-state index in [9.17, 15) is 9.18 Å². The van der Waals surface area contributed by atoms with Crippen molar-refractivity contribution in [2.45, 2.75) is 13.2 Å². The van der Waals surface area contributed by atoms with E-state index in [1.165, 1.54) is 12.1 Å². The van der Waals surface area contributed by atoms with Crippen LogP contribution in [-0.4, -0.2) is 15.7 Å². The van der Waals surface area contributed by atoms with Gasteiger partial charge in [0.25, 0.3) is 5.91 Å². The number of hydrogen-bond acceptors (Lipinski definition) is 3. The maximum atomic E-state index is 13.2. The minimum atomic E-state index is -0.395. The molecule has 5 nitrogen and oxygen atoms in total. The van der Waals surface area contributed by atoms with Gasteiger partial charge in [-0.15, -0.1) is 0 Å². The van der Waals surface area contributed by atoms with Gasteiger partial charge in [0, 0.05) is 21.8 Å². The Balaban J connectivity index is 1.37. The van der Waals surface area contributed by atoms with Crippen LogP contribution in [0.15, 0.2) is 79.1 Å². The molecule has 0 aliphatic rings. The monoisotopic (exact) mass is 469 g/mol. The highest BCUT2D eigenvalue weighted by atomic mass is 35.5. The number of hydrogen-bond donors (Lipinski definition) is 1. The van der Waals surface area contributed by atoms with Crippen LogP contribution in [0.3, 0.4) is 0 Å². The number of ether oxygens (including phenoxy) is 1. The molecule has 1 heterocycles. The van der Waals surface area contributed by atoms with Crippen molar-refractivity contribution < 1.29 is 13.9 Å². The number of benzene rings is 3. The molecule has 0 fully saturated rings. The standard InChI is InChI=1S/C24H18Cl2FN3O2/c25-19-5-8-22(9-6-19)32-15-16-2-1-3-17(10-16)24(31)29-21-12-28-30(14-21)13-18-4-7-20(27)11-23(18)26/h1-12,14H,13,15H2,(H,29,31). The van der Waals surface area contributed by atoms with Crippen LogP contribution in [0.25, 0.3) is 0 Å². The molecular formula is C24H18Cl2FN3O2. The molecular weight excluding hydrogens is 452 g/mol. The summed E-state index contributed by atoms with van der Waals surface area (Å²) in [6, 6.07) is 18.5. The van der Waals surface area contributed by atoms with Gasteiger partial charge in [-0.25, -0.2) is 4.39 Å². The molecule has 0 atom stereocenters. The molecule has 0 radical (unpaired) electrons. The molecule has 1 N–H and O–H groups in total. The van der Waals surface area contributed by atoms with Gasteiger partial charge in [0.15, 0.2) is 0 Å². The summed E-state index contributed by atoms with van der Waals surface area (Å²) in [7, 11) is 0. The van der Waals surface area contributed by atoms with Gasteiger partial charge < -0.3 is 10.1 Å². The summed E-state index contributed by atoms with van der Waals surface area (Å²) in [5.41, 5.74) is 2.62. The first kappa shape index (κ1) is 21.9. The summed E-state index contributed by atoms with van der Waals surface area (Å²) in [6.07, 6.45) is 3.23. The van der Waals surface area contributed by atoms with Crippen LogP contribution in [0.1, 0.15) is 21.5 Å². The normalized spacial score (nSPS) is 10.7. The second-order valence-corrected chi connectivity index (χ2v) is 7.90. The van der Waals surface area contributed by atoms with E-state index in [2.05, 4.69) is 10.4 Å². The summed E-state index contributed by atoms with van der Waals surface area (Å²) in [4.78, 5) is 12.7. The highest BCUT2D eigenvalue weighted by Gasteiger charge is 2.10. The Morgan fingerprint density at radius 1 is 1.06 bits per heavy atom. The molecule has 4 aromatic rings. The molecule has 8 heteroatoms. The lowest BCUT2D eigenvalue weighted by Crippen LogP contribution is -2.12. The molecule has 0 saturated heterocycles. The zero-order chi connectivity index (χ0) is 22.5. The van der Waals surface area contributed by atoms with Crippen LogP contribution >= 0.6 is 23.2 Å². The summed E-state index contributed by atoms with van der Waals surface area (Å²) in [6.45, 7) is 0.672. The van der Waals surface area contributed by atoms with E-state index in [1.54, 1.807) is 65.6 Å². The van der Waals surface area contributed by atoms with Crippen molar-refractivity contribution in [3.05, 3.63) is 112 Å². The molecule has 0 unspecified atom stereocenters. The van der Waals surface area contributed by atoms with Crippen molar-refractivity contribution in [2.24, 2.45) is 0 Å². The van der Waals surface area contributed by atoms with Crippen molar-refractivity contribution in [1.82, 2.24) is 9.78 Å². The van der Waals surface area contributed by atoms with Crippen molar-refractivity contribution in [2.75, 3.05) is 5.32 Å². The van der Waals surface area contributed by atoms with Gasteiger partial charge >= 0.3 is 0 Å². The van der Waals surface area contributed by atoms with E-state index in [0.29, 0.717) is 40.2 Å². The molecule has 0 bridgehead atoms. The Labute approximate surface area is 194 Å². The number of aromatic nitrogens is 2. The Hall–Kier alpha value is -3.35. The highest BCUT2D eigenvalue weighted by molar-refractivity contribution is 6.31. The molecule has 0 aliphatic heterocycles. The SMILES string of the molecule is O=C(Nc1cnn(Cc2ccc(F)cc2Cl)c1)c1cccc(COc2ccc(Cl)cc2)c1. The minimum absolute atomic E-state index is 0.266. The van der Waals surface area contributed by atoms with Crippen LogP contribution < -0.4 is 10.1 Å². The smallest absolute Gasteiger partial charge is 0.255 e. The lowest BCUT2D eigenvalue weighted by atomic mass is 10.1. The predicted molar refractivity (Wildman–Crippen MR) is 123 cm³/mol. The Morgan fingerprint density at radius 2 is 1.88 bits per heavy atom. The summed E-state index contributed by atoms with van der Waals surface area (Å²) in [5, 5.41) is 8.02. The minimum Gasteiger partial charge on any atom is -0.489 e. The number of amides is 1. The lowest BCUT2D eigenvalue weighted by Gasteiger charge is -2.08. The van der Waals surface area contributed by atoms with Crippen molar-refractivity contribution >= 4 is 34.8 Å². The summed E-state index contributed by atoms with van der Waals surface area (Å²) >= 11 is 12.0. The second kappa shape index (κ2) is 9.85. The van der Waals surface area contributed by atoms with Gasteiger partial charge in [-0.1, -0.05) is 41.4 Å². The van der Waals surface area contributed by atoms with Crippen LogP contribution in [0.2, 0.25) is 10.0 Å². The van der Waals surface area contributed by atoms with E-state index in [4.69, 9.17) is 27.9 Å². The van der Waals surface area contributed by atoms with E-state index >= 15 is 0 Å². The maximum Gasteiger partial charge on any atom is 0.255 e. The third-order valence-electron chi connectivity index (χ3n) is 4.65. The van der Waals surface area contributed by atoms with Crippen LogP contribution in [0.5, 0.6) is 5.75 Å². The van der Waals surface area contributed by atoms with Gasteiger partial charge in [0.05, 0.1) is 18.4 Å². The van der Waals surface area contributed by atoms with E-state index in [1.807, 2.05) is 6.07 Å². The fraction of sp³-hybridized carbons (Fsp3) is 0.0833. The third-order valence-corrected chi connectivity index (χ3v) is 5.25. The van der Waals surface area contributed by atoms with Gasteiger partial charge in [-0.3, -0.25) is 9.48 Å². The Kier molecular flexibility index (Phi) is 6.73. The molecule has 0 aliphatic carbocycles. The zero-order valence-electron chi connectivity index (χ0n) is 16.8. The fourth-order valence-corrected chi connectivity index (χ4v) is 3.40. The maximum absolute atomic E-state index is 13.2. The number of rotatable bonds is 7. The first-order valence-electron chi connectivity index (χ1n) is 9.71. The average Bonchev–Trinajstić information content (AvgIpc) is 3.22. The van der Waals surface area contributed by atoms with E-state index < -0.39 is 5.82 Å². The summed E-state index contributed by atoms with van der Waals surface area (Å²) < 4.78 is 20.6. The largest absolute Gasteiger partial charge is 0.489 e. The highest BCUT2D eigenvalue weighted by Crippen LogP contribution is 2.20. The Bertz CT molecular complexity index is 1240. The van der Waals surface area contributed by atoms with Gasteiger partial charge in [0.1, 0.15) is 18.2 Å². The molecule has 3 aromatic carbocycles. The van der Waals surface area contributed by atoms with Crippen molar-refractivity contribution in [3.63, 3.8) is 0 Å². The fourth-order valence-electron chi connectivity index (χ4n) is 3.04. The topological polar surface area (TPSA) is 56.2 Å². The number of halogens is 3. The van der Waals surface area contributed by atoms with Crippen LogP contribution in [0, 0.1) is 5.82 Å². The van der Waals surface area contributed by atoms with Gasteiger partial charge in [-0.2, -0.15) is 5.10 Å². The molecule has 32 heavy (non-hydrogen) atoms. The quantitative estimate of drug-likeness (QED) is 0.350. The zero-order valence-corrected chi connectivity index (χ0v) is 18.3. The first-order chi connectivity index (χ1) is 15.5. The van der Waals surface area contributed by atoms with Crippen LogP contribution in [0.4, 0.5) is 10.1 Å². The van der Waals surface area contributed by atoms with Crippen molar-refractivity contribution in [3.8, 4) is 5.75 Å².